The maximum absolute atomic E-state index is 11.7. The lowest BCUT2D eigenvalue weighted by molar-refractivity contribution is 0.0325. The van der Waals surface area contributed by atoms with Crippen molar-refractivity contribution in [2.45, 2.75) is 12.5 Å². The second kappa shape index (κ2) is 5.79. The molecule has 1 atom stereocenters. The van der Waals surface area contributed by atoms with Gasteiger partial charge in [-0.3, -0.25) is 9.59 Å². The zero-order valence-electron chi connectivity index (χ0n) is 10.9. The predicted octanol–water partition coefficient (Wildman–Crippen LogP) is -0.583. The molecule has 0 aliphatic heterocycles. The molecule has 6 nitrogen and oxygen atoms in total. The molecule has 0 saturated heterocycles. The Balaban J connectivity index is 2.62. The van der Waals surface area contributed by atoms with Gasteiger partial charge in [0.2, 0.25) is 0 Å². The van der Waals surface area contributed by atoms with E-state index in [2.05, 4.69) is 10.3 Å². The Morgan fingerprint density at radius 3 is 2.78 bits per heavy atom. The van der Waals surface area contributed by atoms with E-state index in [4.69, 9.17) is 0 Å². The summed E-state index contributed by atoms with van der Waals surface area (Å²) in [6.07, 6.45) is 2.81. The van der Waals surface area contributed by atoms with Crippen LogP contribution in [-0.4, -0.2) is 53.7 Å². The fourth-order valence-corrected chi connectivity index (χ4v) is 1.70. The highest BCUT2D eigenvalue weighted by molar-refractivity contribution is 5.93. The molecule has 100 valence electrons. The molecule has 6 heteroatoms. The van der Waals surface area contributed by atoms with Crippen LogP contribution in [0.15, 0.2) is 23.3 Å². The maximum atomic E-state index is 11.7. The van der Waals surface area contributed by atoms with Crippen molar-refractivity contribution in [1.29, 1.82) is 0 Å². The van der Waals surface area contributed by atoms with Crippen LogP contribution < -0.4 is 10.7 Å². The van der Waals surface area contributed by atoms with Gasteiger partial charge in [-0.1, -0.05) is 0 Å². The number of aromatic amines is 1. The van der Waals surface area contributed by atoms with E-state index in [9.17, 15) is 14.7 Å². The highest BCUT2D eigenvalue weighted by Gasteiger charge is 2.22. The molecule has 18 heavy (non-hydrogen) atoms. The highest BCUT2D eigenvalue weighted by Crippen LogP contribution is 2.02. The number of nitrogens with zero attached hydrogens (tertiary/aromatic N) is 1. The second-order valence-electron chi connectivity index (χ2n) is 4.84. The molecular weight excluding hydrogens is 234 g/mol. The molecule has 1 heterocycles. The number of hydrogen-bond donors (Lipinski definition) is 3. The number of nitrogens with one attached hydrogen (secondary N) is 2. The van der Waals surface area contributed by atoms with Gasteiger partial charge in [-0.15, -0.1) is 0 Å². The molecule has 1 rings (SSSR count). The summed E-state index contributed by atoms with van der Waals surface area (Å²) in [7, 11) is 3.66. The molecule has 0 radical (unpaired) electrons. The summed E-state index contributed by atoms with van der Waals surface area (Å²) < 4.78 is 0. The van der Waals surface area contributed by atoms with Crippen LogP contribution in [0.2, 0.25) is 0 Å². The van der Waals surface area contributed by atoms with Gasteiger partial charge in [-0.05, 0) is 21.0 Å². The molecule has 3 N–H and O–H groups in total. The summed E-state index contributed by atoms with van der Waals surface area (Å²) in [5.74, 6) is -0.490. The normalized spacial score (nSPS) is 14.3. The summed E-state index contributed by atoms with van der Waals surface area (Å²) >= 11 is 0. The zero-order chi connectivity index (χ0) is 13.8. The number of pyridine rings is 1. The summed E-state index contributed by atoms with van der Waals surface area (Å²) in [5.41, 5.74) is -1.35. The Kier molecular flexibility index (Phi) is 4.63. The van der Waals surface area contributed by atoms with Crippen LogP contribution in [0.1, 0.15) is 17.3 Å². The van der Waals surface area contributed by atoms with Crippen LogP contribution >= 0.6 is 0 Å². The average molecular weight is 253 g/mol. The predicted molar refractivity (Wildman–Crippen MR) is 68.6 cm³/mol. The van der Waals surface area contributed by atoms with Crippen molar-refractivity contribution in [1.82, 2.24) is 15.2 Å². The lowest BCUT2D eigenvalue weighted by Crippen LogP contribution is -2.47. The topological polar surface area (TPSA) is 85.4 Å². The van der Waals surface area contributed by atoms with Crippen LogP contribution in [0.5, 0.6) is 0 Å². The van der Waals surface area contributed by atoms with Crippen molar-refractivity contribution in [3.63, 3.8) is 0 Å². The van der Waals surface area contributed by atoms with E-state index < -0.39 is 11.5 Å². The van der Waals surface area contributed by atoms with Gasteiger partial charge in [0.05, 0.1) is 5.60 Å². The minimum absolute atomic E-state index is 0.0400. The Morgan fingerprint density at radius 1 is 1.56 bits per heavy atom. The van der Waals surface area contributed by atoms with Gasteiger partial charge in [-0.25, -0.2) is 0 Å². The van der Waals surface area contributed by atoms with Gasteiger partial charge in [0.15, 0.2) is 5.43 Å². The van der Waals surface area contributed by atoms with Crippen LogP contribution in [0.3, 0.4) is 0 Å². The lowest BCUT2D eigenvalue weighted by atomic mass is 10.1. The monoisotopic (exact) mass is 253 g/mol. The van der Waals surface area contributed by atoms with Crippen molar-refractivity contribution >= 4 is 5.91 Å². The lowest BCUT2D eigenvalue weighted by Gasteiger charge is -2.26. The summed E-state index contributed by atoms with van der Waals surface area (Å²) in [6, 6.07) is 1.28. The second-order valence-corrected chi connectivity index (χ2v) is 4.84. The number of carbonyl (C=O) groups is 1. The van der Waals surface area contributed by atoms with E-state index >= 15 is 0 Å². The third kappa shape index (κ3) is 4.31. The highest BCUT2D eigenvalue weighted by atomic mass is 16.3. The van der Waals surface area contributed by atoms with Crippen LogP contribution in [0, 0.1) is 0 Å². The maximum Gasteiger partial charge on any atom is 0.256 e. The smallest absolute Gasteiger partial charge is 0.256 e. The van der Waals surface area contributed by atoms with E-state index in [0.29, 0.717) is 6.54 Å². The number of rotatable bonds is 5. The molecule has 0 spiro atoms. The Bertz CT molecular complexity index is 466. The van der Waals surface area contributed by atoms with Crippen LogP contribution in [-0.2, 0) is 0 Å². The number of amides is 1. The molecule has 1 aromatic heterocycles. The van der Waals surface area contributed by atoms with Gasteiger partial charge in [0.25, 0.3) is 5.91 Å². The first-order chi connectivity index (χ1) is 8.32. The quantitative estimate of drug-likeness (QED) is 0.655. The van der Waals surface area contributed by atoms with E-state index in [1.165, 1.54) is 18.5 Å². The van der Waals surface area contributed by atoms with E-state index in [1.54, 1.807) is 6.92 Å². The molecule has 1 aromatic rings. The third-order valence-electron chi connectivity index (χ3n) is 2.36. The fourth-order valence-electron chi connectivity index (χ4n) is 1.70. The van der Waals surface area contributed by atoms with Gasteiger partial charge >= 0.3 is 0 Å². The van der Waals surface area contributed by atoms with Gasteiger partial charge in [-0.2, -0.15) is 0 Å². The number of aliphatic hydroxyl groups is 1. The molecule has 0 aliphatic carbocycles. The van der Waals surface area contributed by atoms with E-state index in [-0.39, 0.29) is 17.5 Å². The summed E-state index contributed by atoms with van der Waals surface area (Å²) in [5, 5.41) is 12.6. The Morgan fingerprint density at radius 2 is 2.22 bits per heavy atom. The number of carbonyl (C=O) groups excluding carboxylic acids is 1. The number of H-pyrrole nitrogens is 1. The number of likely N-dealkylation sites (N-methyl/N-ethyl adjacent to an activating group) is 1. The van der Waals surface area contributed by atoms with Crippen molar-refractivity contribution < 1.29 is 9.90 Å². The number of aromatic nitrogens is 1. The first kappa shape index (κ1) is 14.4. The van der Waals surface area contributed by atoms with Gasteiger partial charge in [0.1, 0.15) is 5.56 Å². The van der Waals surface area contributed by atoms with E-state index in [1.807, 2.05) is 19.0 Å². The van der Waals surface area contributed by atoms with Gasteiger partial charge in [0, 0.05) is 31.5 Å². The minimum atomic E-state index is -1.04. The molecule has 0 aliphatic rings. The molecule has 1 amide bonds. The van der Waals surface area contributed by atoms with Crippen molar-refractivity contribution in [2.24, 2.45) is 0 Å². The van der Waals surface area contributed by atoms with Crippen LogP contribution in [0.25, 0.3) is 0 Å². The average Bonchev–Trinajstić information content (AvgIpc) is 2.25. The Hall–Kier alpha value is -1.66. The molecule has 0 bridgehead atoms. The largest absolute Gasteiger partial charge is 0.387 e. The number of hydrogen-bond acceptors (Lipinski definition) is 4. The molecule has 0 aromatic carbocycles. The first-order valence-electron chi connectivity index (χ1n) is 5.64. The van der Waals surface area contributed by atoms with Crippen molar-refractivity contribution in [2.75, 3.05) is 27.2 Å². The van der Waals surface area contributed by atoms with Crippen molar-refractivity contribution in [3.8, 4) is 0 Å². The SMILES string of the molecule is CN(C)CC(C)(O)CNC(=O)c1c[nH]ccc1=O. The molecule has 1 unspecified atom stereocenters. The van der Waals surface area contributed by atoms with E-state index in [0.717, 1.165) is 0 Å². The summed E-state index contributed by atoms with van der Waals surface area (Å²) in [4.78, 5) is 27.7. The fraction of sp³-hybridized carbons (Fsp3) is 0.500. The van der Waals surface area contributed by atoms with Crippen molar-refractivity contribution in [3.05, 3.63) is 34.2 Å². The first-order valence-corrected chi connectivity index (χ1v) is 5.64. The zero-order valence-corrected chi connectivity index (χ0v) is 10.9. The van der Waals surface area contributed by atoms with Crippen LogP contribution in [0.4, 0.5) is 0 Å². The minimum Gasteiger partial charge on any atom is -0.387 e. The summed E-state index contributed by atoms with van der Waals surface area (Å²) in [6.45, 7) is 2.12. The molecular formula is C12H19N3O3. The Labute approximate surface area is 106 Å². The standard InChI is InChI=1S/C12H19N3O3/c1-12(18,8-15(2)3)7-14-11(17)9-6-13-5-4-10(9)16/h4-6,18H,7-8H2,1-3H3,(H,13,16)(H,14,17). The molecule has 0 saturated carbocycles. The third-order valence-corrected chi connectivity index (χ3v) is 2.36. The molecule has 0 fully saturated rings. The van der Waals surface area contributed by atoms with Gasteiger partial charge < -0.3 is 20.3 Å².